The minimum Gasteiger partial charge on any atom is -0.504 e. The van der Waals surface area contributed by atoms with Gasteiger partial charge in [-0.05, 0) is 54.5 Å². The molecule has 0 radical (unpaired) electrons. The lowest BCUT2D eigenvalue weighted by molar-refractivity contribution is -0.113. The summed E-state index contributed by atoms with van der Waals surface area (Å²) < 4.78 is 15.2. The fourth-order valence-electron chi connectivity index (χ4n) is 3.38. The predicted molar refractivity (Wildman–Crippen MR) is 119 cm³/mol. The fourth-order valence-corrected chi connectivity index (χ4v) is 3.38. The molecule has 168 valence electrons. The molecule has 1 saturated heterocycles. The number of ether oxygens (including phenoxy) is 3. The molecule has 0 saturated carbocycles. The standard InChI is InChI=1S/C24H25NO7/c1-4-32-24(29)25-13-17(9-15-5-7-21(30-2)19(26)11-15)23(28)18(14-25)10-16-6-8-22(31-3)20(27)12-16/h5-12,26-27H,4,13-14H2,1-3H3/b17-9-,18-10+. The Labute approximate surface area is 185 Å². The van der Waals surface area contributed by atoms with Gasteiger partial charge in [-0.3, -0.25) is 9.69 Å². The number of hydrogen-bond donors (Lipinski definition) is 2. The molecule has 3 rings (SSSR count). The summed E-state index contributed by atoms with van der Waals surface area (Å²) >= 11 is 0. The number of hydrogen-bond acceptors (Lipinski definition) is 7. The smallest absolute Gasteiger partial charge is 0.410 e. The van der Waals surface area contributed by atoms with E-state index in [1.165, 1.54) is 31.3 Å². The molecule has 1 heterocycles. The van der Waals surface area contributed by atoms with E-state index in [0.717, 1.165) is 0 Å². The van der Waals surface area contributed by atoms with Crippen molar-refractivity contribution < 1.29 is 34.0 Å². The number of Topliss-reactive ketones (excluding diaryl/α,β-unsaturated/α-hetero) is 1. The second-order valence-corrected chi connectivity index (χ2v) is 7.09. The Morgan fingerprint density at radius 2 is 1.41 bits per heavy atom. The highest BCUT2D eigenvalue weighted by molar-refractivity contribution is 6.15. The van der Waals surface area contributed by atoms with E-state index in [4.69, 9.17) is 14.2 Å². The Kier molecular flexibility index (Phi) is 7.04. The van der Waals surface area contributed by atoms with Gasteiger partial charge < -0.3 is 24.4 Å². The maximum absolute atomic E-state index is 13.2. The number of phenolic OH excluding ortho intramolecular Hbond substituents is 2. The van der Waals surface area contributed by atoms with Gasteiger partial charge in [-0.1, -0.05) is 12.1 Å². The lowest BCUT2D eigenvalue weighted by Crippen LogP contribution is -2.41. The molecule has 0 bridgehead atoms. The van der Waals surface area contributed by atoms with Crippen LogP contribution in [0.4, 0.5) is 4.79 Å². The van der Waals surface area contributed by atoms with Crippen LogP contribution in [-0.2, 0) is 9.53 Å². The summed E-state index contributed by atoms with van der Waals surface area (Å²) in [6, 6.07) is 9.55. The van der Waals surface area contributed by atoms with E-state index in [0.29, 0.717) is 33.8 Å². The summed E-state index contributed by atoms with van der Waals surface area (Å²) in [7, 11) is 2.90. The van der Waals surface area contributed by atoms with Gasteiger partial charge in [-0.2, -0.15) is 0 Å². The molecular formula is C24H25NO7. The van der Waals surface area contributed by atoms with Crippen molar-refractivity contribution in [2.45, 2.75) is 6.92 Å². The van der Waals surface area contributed by atoms with Crippen molar-refractivity contribution in [1.29, 1.82) is 0 Å². The van der Waals surface area contributed by atoms with Gasteiger partial charge in [-0.15, -0.1) is 0 Å². The Hall–Kier alpha value is -3.94. The zero-order valence-electron chi connectivity index (χ0n) is 18.1. The van der Waals surface area contributed by atoms with Gasteiger partial charge in [0.2, 0.25) is 0 Å². The van der Waals surface area contributed by atoms with E-state index in [-0.39, 0.29) is 37.0 Å². The summed E-state index contributed by atoms with van der Waals surface area (Å²) in [6.07, 6.45) is 2.70. The lowest BCUT2D eigenvalue weighted by atomic mass is 9.94. The van der Waals surface area contributed by atoms with E-state index in [9.17, 15) is 19.8 Å². The average Bonchev–Trinajstić information content (AvgIpc) is 2.77. The molecule has 1 fully saturated rings. The summed E-state index contributed by atoms with van der Waals surface area (Å²) in [5.74, 6) is 0.273. The molecule has 2 N–H and O–H groups in total. The molecule has 2 aromatic carbocycles. The molecule has 8 nitrogen and oxygen atoms in total. The van der Waals surface area contributed by atoms with Crippen LogP contribution in [0.5, 0.6) is 23.0 Å². The molecule has 32 heavy (non-hydrogen) atoms. The lowest BCUT2D eigenvalue weighted by Gasteiger charge is -2.29. The number of carbonyl (C=O) groups is 2. The minimum absolute atomic E-state index is 0.0585. The topological polar surface area (TPSA) is 106 Å². The average molecular weight is 439 g/mol. The first-order valence-electron chi connectivity index (χ1n) is 9.97. The van der Waals surface area contributed by atoms with Crippen LogP contribution in [0.3, 0.4) is 0 Å². The third-order valence-corrected chi connectivity index (χ3v) is 4.92. The molecule has 0 aliphatic carbocycles. The number of ketones is 1. The molecule has 8 heteroatoms. The van der Waals surface area contributed by atoms with Gasteiger partial charge in [0.15, 0.2) is 28.8 Å². The number of likely N-dealkylation sites (tertiary alicyclic amines) is 1. The van der Waals surface area contributed by atoms with Gasteiger partial charge in [0.05, 0.1) is 33.9 Å². The number of carbonyl (C=O) groups excluding carboxylic acids is 2. The fraction of sp³-hybridized carbons (Fsp3) is 0.250. The number of rotatable bonds is 5. The van der Waals surface area contributed by atoms with E-state index in [1.54, 1.807) is 43.3 Å². The van der Waals surface area contributed by atoms with Crippen LogP contribution < -0.4 is 9.47 Å². The highest BCUT2D eigenvalue weighted by Crippen LogP contribution is 2.30. The van der Waals surface area contributed by atoms with Crippen LogP contribution in [0, 0.1) is 0 Å². The molecule has 1 aliphatic rings. The van der Waals surface area contributed by atoms with E-state index in [1.807, 2.05) is 0 Å². The number of nitrogens with zero attached hydrogens (tertiary/aromatic N) is 1. The van der Waals surface area contributed by atoms with Gasteiger partial charge in [0.1, 0.15) is 0 Å². The molecule has 0 unspecified atom stereocenters. The minimum atomic E-state index is -0.535. The number of amides is 1. The van der Waals surface area contributed by atoms with Crippen LogP contribution in [-0.4, -0.2) is 60.9 Å². The maximum Gasteiger partial charge on any atom is 0.410 e. The van der Waals surface area contributed by atoms with Crippen LogP contribution >= 0.6 is 0 Å². The maximum atomic E-state index is 13.2. The van der Waals surface area contributed by atoms with Crippen LogP contribution in [0.1, 0.15) is 18.1 Å². The van der Waals surface area contributed by atoms with Crippen LogP contribution in [0.2, 0.25) is 0 Å². The second kappa shape index (κ2) is 9.91. The SMILES string of the molecule is CCOC(=O)N1C/C(=C/c2ccc(OC)c(O)c2)C(=O)/C(=C/c2ccc(OC)c(O)c2)C1. The second-order valence-electron chi connectivity index (χ2n) is 7.09. The first-order chi connectivity index (χ1) is 15.4. The molecule has 1 aliphatic heterocycles. The number of piperidine rings is 1. The van der Waals surface area contributed by atoms with Gasteiger partial charge >= 0.3 is 6.09 Å². The number of benzene rings is 2. The van der Waals surface area contributed by atoms with Gasteiger partial charge in [0.25, 0.3) is 0 Å². The highest BCUT2D eigenvalue weighted by atomic mass is 16.6. The number of aromatic hydroxyl groups is 2. The van der Waals surface area contributed by atoms with E-state index >= 15 is 0 Å². The molecule has 0 spiro atoms. The van der Waals surface area contributed by atoms with Crippen LogP contribution in [0.15, 0.2) is 47.5 Å². The number of methoxy groups -OCH3 is 2. The molecule has 0 atom stereocenters. The van der Waals surface area contributed by atoms with Crippen molar-refractivity contribution in [3.8, 4) is 23.0 Å². The third kappa shape index (κ3) is 5.03. The zero-order valence-corrected chi connectivity index (χ0v) is 18.1. The largest absolute Gasteiger partial charge is 0.504 e. The molecular weight excluding hydrogens is 414 g/mol. The van der Waals surface area contributed by atoms with Crippen molar-refractivity contribution in [2.75, 3.05) is 33.9 Å². The van der Waals surface area contributed by atoms with Crippen molar-refractivity contribution in [2.24, 2.45) is 0 Å². The quantitative estimate of drug-likeness (QED) is 0.686. The summed E-state index contributed by atoms with van der Waals surface area (Å²) in [5.41, 5.74) is 1.88. The van der Waals surface area contributed by atoms with Crippen molar-refractivity contribution in [3.63, 3.8) is 0 Å². The normalized spacial score (nSPS) is 16.3. The van der Waals surface area contributed by atoms with Crippen molar-refractivity contribution in [1.82, 2.24) is 4.90 Å². The van der Waals surface area contributed by atoms with E-state index in [2.05, 4.69) is 0 Å². The molecule has 1 amide bonds. The monoisotopic (exact) mass is 439 g/mol. The number of phenols is 2. The third-order valence-electron chi connectivity index (χ3n) is 4.92. The molecule has 0 aromatic heterocycles. The predicted octanol–water partition coefficient (Wildman–Crippen LogP) is 3.62. The summed E-state index contributed by atoms with van der Waals surface area (Å²) in [4.78, 5) is 27.0. The van der Waals surface area contributed by atoms with Crippen molar-refractivity contribution >= 4 is 24.0 Å². The zero-order chi connectivity index (χ0) is 23.3. The first kappa shape index (κ1) is 22.7. The van der Waals surface area contributed by atoms with E-state index < -0.39 is 6.09 Å². The Balaban J connectivity index is 2.00. The van der Waals surface area contributed by atoms with Gasteiger partial charge in [-0.25, -0.2) is 4.79 Å². The van der Waals surface area contributed by atoms with Crippen LogP contribution in [0.25, 0.3) is 12.2 Å². The molecule has 2 aromatic rings. The Bertz CT molecular complexity index is 1010. The highest BCUT2D eigenvalue weighted by Gasteiger charge is 2.30. The summed E-state index contributed by atoms with van der Waals surface area (Å²) in [5, 5.41) is 20.1. The first-order valence-corrected chi connectivity index (χ1v) is 9.97. The van der Waals surface area contributed by atoms with Gasteiger partial charge in [0, 0.05) is 11.1 Å². The van der Waals surface area contributed by atoms with Crippen molar-refractivity contribution in [3.05, 3.63) is 58.7 Å². The Morgan fingerprint density at radius 3 is 1.78 bits per heavy atom. The Morgan fingerprint density at radius 1 is 0.938 bits per heavy atom. The summed E-state index contributed by atoms with van der Waals surface area (Å²) in [6.45, 7) is 2.05.